The maximum absolute atomic E-state index is 12.9. The van der Waals surface area contributed by atoms with Gasteiger partial charge < -0.3 is 15.2 Å². The first-order chi connectivity index (χ1) is 13.8. The van der Waals surface area contributed by atoms with Crippen LogP contribution in [-0.2, 0) is 30.3 Å². The number of aliphatic carboxylic acids is 1. The number of azide groups is 1. The molecule has 1 fully saturated rings. The van der Waals surface area contributed by atoms with Gasteiger partial charge in [0.15, 0.2) is 0 Å². The number of nitrogens with one attached hydrogen (secondary N) is 1. The van der Waals surface area contributed by atoms with Crippen LogP contribution in [0.4, 0.5) is 0 Å². The van der Waals surface area contributed by atoms with Gasteiger partial charge in [-0.15, -0.1) is 23.1 Å². The molecule has 0 bridgehead atoms. The molecule has 1 unspecified atom stereocenters. The van der Waals surface area contributed by atoms with Gasteiger partial charge in [-0.05, 0) is 17.0 Å². The van der Waals surface area contributed by atoms with Crippen LogP contribution in [0.5, 0.6) is 0 Å². The van der Waals surface area contributed by atoms with Gasteiger partial charge in [-0.1, -0.05) is 11.2 Å². The fourth-order valence-corrected chi connectivity index (χ4v) is 5.11. The second-order valence-electron chi connectivity index (χ2n) is 6.14. The third-order valence-corrected chi connectivity index (χ3v) is 6.49. The summed E-state index contributed by atoms with van der Waals surface area (Å²) in [5.74, 6) is -3.24. The zero-order chi connectivity index (χ0) is 21.2. The third-order valence-electron chi connectivity index (χ3n) is 4.23. The predicted octanol–water partition coefficient (Wildman–Crippen LogP) is 1.23. The summed E-state index contributed by atoms with van der Waals surface area (Å²) in [6.07, 6.45) is -0.00956. The van der Waals surface area contributed by atoms with Gasteiger partial charge in [0.2, 0.25) is 11.6 Å². The van der Waals surface area contributed by atoms with E-state index in [0.29, 0.717) is 0 Å². The summed E-state index contributed by atoms with van der Waals surface area (Å²) in [7, 11) is 0. The van der Waals surface area contributed by atoms with Gasteiger partial charge in [-0.25, -0.2) is 4.79 Å². The minimum Gasteiger partial charge on any atom is -0.477 e. The molecule has 2 aliphatic heterocycles. The van der Waals surface area contributed by atoms with Crippen molar-refractivity contribution < 1.29 is 29.0 Å². The fraction of sp³-hybridized carbons (Fsp3) is 0.375. The van der Waals surface area contributed by atoms with Crippen molar-refractivity contribution in [3.05, 3.63) is 44.1 Å². The van der Waals surface area contributed by atoms with Gasteiger partial charge in [-0.3, -0.25) is 19.3 Å². The van der Waals surface area contributed by atoms with Gasteiger partial charge >= 0.3 is 11.9 Å². The van der Waals surface area contributed by atoms with E-state index >= 15 is 0 Å². The molecule has 2 atom stereocenters. The zero-order valence-electron chi connectivity index (χ0n) is 15.0. The first kappa shape index (κ1) is 20.7. The summed E-state index contributed by atoms with van der Waals surface area (Å²) in [5.41, 5.74) is 6.95. The lowest BCUT2D eigenvalue weighted by atomic mass is 9.95. The number of fused-ring (bicyclic) bond motifs is 1. The van der Waals surface area contributed by atoms with Gasteiger partial charge in [-0.2, -0.15) is 0 Å². The number of carboxylic acid groups (broad SMARTS) is 1. The van der Waals surface area contributed by atoms with Crippen molar-refractivity contribution in [1.82, 2.24) is 10.2 Å². The maximum atomic E-state index is 12.9. The lowest BCUT2D eigenvalue weighted by Gasteiger charge is -2.54. The lowest BCUT2D eigenvalue weighted by Crippen LogP contribution is -2.79. The number of β-lactam (4-membered cyclic amide) rings is 1. The number of carboxylic acids is 1. The van der Waals surface area contributed by atoms with E-state index < -0.39 is 34.8 Å². The second kappa shape index (κ2) is 8.15. The predicted molar refractivity (Wildman–Crippen MR) is 102 cm³/mol. The highest BCUT2D eigenvalue weighted by Crippen LogP contribution is 2.47. The van der Waals surface area contributed by atoms with Crippen LogP contribution in [0.15, 0.2) is 33.9 Å². The summed E-state index contributed by atoms with van der Waals surface area (Å²) in [6, 6.07) is 3.53. The van der Waals surface area contributed by atoms with Crippen molar-refractivity contribution in [3.63, 3.8) is 0 Å². The van der Waals surface area contributed by atoms with Crippen molar-refractivity contribution in [2.75, 3.05) is 12.4 Å². The van der Waals surface area contributed by atoms with Crippen LogP contribution in [0.3, 0.4) is 0 Å². The lowest BCUT2D eigenvalue weighted by molar-refractivity contribution is -0.158. The van der Waals surface area contributed by atoms with E-state index in [4.69, 9.17) is 10.3 Å². The number of hydrogen-bond donors (Lipinski definition) is 2. The quantitative estimate of drug-likeness (QED) is 0.213. The van der Waals surface area contributed by atoms with E-state index in [1.54, 1.807) is 17.5 Å². The third kappa shape index (κ3) is 3.79. The number of rotatable bonds is 7. The van der Waals surface area contributed by atoms with Gasteiger partial charge in [0.25, 0.3) is 5.91 Å². The Labute approximate surface area is 172 Å². The molecule has 0 spiro atoms. The molecule has 1 aromatic heterocycles. The Balaban J connectivity index is 1.87. The van der Waals surface area contributed by atoms with E-state index in [2.05, 4.69) is 15.3 Å². The Morgan fingerprint density at radius 2 is 2.28 bits per heavy atom. The molecule has 1 saturated heterocycles. The monoisotopic (exact) mass is 437 g/mol. The summed E-state index contributed by atoms with van der Waals surface area (Å²) >= 11 is 2.47. The smallest absolute Gasteiger partial charge is 0.352 e. The molecule has 29 heavy (non-hydrogen) atoms. The van der Waals surface area contributed by atoms with Crippen LogP contribution < -0.4 is 5.32 Å². The Kier molecular flexibility index (Phi) is 5.82. The molecular formula is C16H15N5O6S2. The average molecular weight is 437 g/mol. The highest BCUT2D eigenvalue weighted by atomic mass is 32.2. The summed E-state index contributed by atoms with van der Waals surface area (Å²) in [5, 5.41) is 16.5. The second-order valence-corrected chi connectivity index (χ2v) is 8.24. The Hall–Kier alpha value is -3.02. The number of esters is 1. The maximum Gasteiger partial charge on any atom is 0.352 e. The molecule has 2 aliphatic rings. The molecule has 152 valence electrons. The van der Waals surface area contributed by atoms with Crippen molar-refractivity contribution in [2.45, 2.75) is 24.4 Å². The van der Waals surface area contributed by atoms with E-state index in [-0.39, 0.29) is 30.1 Å². The Bertz CT molecular complexity index is 955. The minimum atomic E-state index is -1.92. The highest BCUT2D eigenvalue weighted by Gasteiger charge is 2.65. The first-order valence-corrected chi connectivity index (χ1v) is 10.2. The Morgan fingerprint density at radius 3 is 2.86 bits per heavy atom. The molecule has 0 aromatic carbocycles. The van der Waals surface area contributed by atoms with Gasteiger partial charge in [0, 0.05) is 28.0 Å². The molecule has 2 amide bonds. The largest absolute Gasteiger partial charge is 0.477 e. The molecule has 3 rings (SSSR count). The van der Waals surface area contributed by atoms with E-state index in [1.807, 2.05) is 0 Å². The number of ether oxygens (including phenoxy) is 1. The molecule has 0 radical (unpaired) electrons. The zero-order valence-corrected chi connectivity index (χ0v) is 16.7. The molecule has 2 N–H and O–H groups in total. The topological polar surface area (TPSA) is 162 Å². The van der Waals surface area contributed by atoms with Crippen molar-refractivity contribution in [3.8, 4) is 0 Å². The molecule has 0 aliphatic carbocycles. The number of amides is 2. The highest BCUT2D eigenvalue weighted by molar-refractivity contribution is 8.00. The van der Waals surface area contributed by atoms with Crippen LogP contribution in [0.1, 0.15) is 11.8 Å². The number of nitrogens with zero attached hydrogens (tertiary/aromatic N) is 4. The van der Waals surface area contributed by atoms with E-state index in [0.717, 1.165) is 21.5 Å². The summed E-state index contributed by atoms with van der Waals surface area (Å²) in [6.45, 7) is 0.907. The van der Waals surface area contributed by atoms with Crippen LogP contribution >= 0.6 is 23.1 Å². The molecular weight excluding hydrogens is 422 g/mol. The van der Waals surface area contributed by atoms with Gasteiger partial charge in [0.05, 0.1) is 6.42 Å². The SMILES string of the molecule is CC(=O)OCC1=C(C(=O)O)N2C(=O)C(N=[N+]=[N-])(NC(=O)Cc3cccs3)[C@H]2SC1. The molecule has 11 nitrogen and oxygen atoms in total. The molecule has 0 saturated carbocycles. The van der Waals surface area contributed by atoms with Crippen LogP contribution in [0.2, 0.25) is 0 Å². The van der Waals surface area contributed by atoms with Crippen LogP contribution in [0.25, 0.3) is 10.4 Å². The van der Waals surface area contributed by atoms with Crippen molar-refractivity contribution in [1.29, 1.82) is 0 Å². The Morgan fingerprint density at radius 1 is 1.52 bits per heavy atom. The van der Waals surface area contributed by atoms with Crippen molar-refractivity contribution >= 4 is 46.9 Å². The number of thiophene rings is 1. The number of hydrogen-bond acceptors (Lipinski definition) is 8. The summed E-state index contributed by atoms with van der Waals surface area (Å²) < 4.78 is 4.87. The number of thioether (sulfide) groups is 1. The standard InChI is InChI=1S/C16H15N5O6S2/c1-8(22)27-6-9-7-29-15-16(19-20-17,14(26)21(15)12(9)13(24)25)18-11(23)5-10-3-2-4-28-10/h2-4,15H,5-7H2,1H3,(H,18,23)(H,24,25)/t15-,16?/m1/s1. The molecule has 13 heteroatoms. The van der Waals surface area contributed by atoms with Crippen LogP contribution in [-0.4, -0.2) is 57.2 Å². The van der Waals surface area contributed by atoms with E-state index in [9.17, 15) is 24.3 Å². The fourth-order valence-electron chi connectivity index (χ4n) is 3.03. The molecule has 1 aromatic rings. The van der Waals surface area contributed by atoms with Crippen molar-refractivity contribution in [2.24, 2.45) is 5.11 Å². The number of carbonyl (C=O) groups is 4. The van der Waals surface area contributed by atoms with Crippen LogP contribution in [0, 0.1) is 0 Å². The first-order valence-electron chi connectivity index (χ1n) is 8.23. The average Bonchev–Trinajstić information content (AvgIpc) is 3.17. The molecule has 3 heterocycles. The minimum absolute atomic E-state index is 0.00956. The van der Waals surface area contributed by atoms with E-state index in [1.165, 1.54) is 18.3 Å². The van der Waals surface area contributed by atoms with Gasteiger partial charge in [0.1, 0.15) is 17.7 Å². The summed E-state index contributed by atoms with van der Waals surface area (Å²) in [4.78, 5) is 52.5. The normalized spacial score (nSPS) is 22.9. The number of carbonyl (C=O) groups excluding carboxylic acids is 3.